The van der Waals surface area contributed by atoms with Crippen molar-refractivity contribution in [3.8, 4) is 0 Å². The van der Waals surface area contributed by atoms with Crippen molar-refractivity contribution in [3.63, 3.8) is 0 Å². The molecule has 2 unspecified atom stereocenters. The number of amides is 1. The number of carbonyl (C=O) groups is 1. The molecule has 0 bridgehead atoms. The first kappa shape index (κ1) is 19.4. The molecule has 2 atom stereocenters. The maximum atomic E-state index is 12.8. The molecule has 1 saturated carbocycles. The molecule has 5 nitrogen and oxygen atoms in total. The third kappa shape index (κ3) is 4.57. The zero-order valence-corrected chi connectivity index (χ0v) is 17.5. The summed E-state index contributed by atoms with van der Waals surface area (Å²) in [5, 5.41) is 3.38. The van der Waals surface area contributed by atoms with Crippen LogP contribution in [-0.4, -0.2) is 39.9 Å². The summed E-state index contributed by atoms with van der Waals surface area (Å²) in [6.07, 6.45) is 5.38. The van der Waals surface area contributed by atoms with Gasteiger partial charge >= 0.3 is 0 Å². The SMILES string of the molecule is CC1CC(NC(=O)C2CCN(Cc3nc4ccccc4[nH]3)CC2)CC(C)(C)C1. The van der Waals surface area contributed by atoms with E-state index in [-0.39, 0.29) is 11.8 Å². The summed E-state index contributed by atoms with van der Waals surface area (Å²) in [4.78, 5) is 23.3. The van der Waals surface area contributed by atoms with E-state index in [1.807, 2.05) is 18.2 Å². The molecule has 1 amide bonds. The van der Waals surface area contributed by atoms with Crippen LogP contribution in [0.4, 0.5) is 0 Å². The molecule has 2 aromatic rings. The highest BCUT2D eigenvalue weighted by Gasteiger charge is 2.34. The van der Waals surface area contributed by atoms with Gasteiger partial charge in [-0.3, -0.25) is 9.69 Å². The predicted molar refractivity (Wildman–Crippen MR) is 113 cm³/mol. The Labute approximate surface area is 168 Å². The summed E-state index contributed by atoms with van der Waals surface area (Å²) in [7, 11) is 0. The van der Waals surface area contributed by atoms with Crippen LogP contribution in [-0.2, 0) is 11.3 Å². The van der Waals surface area contributed by atoms with Gasteiger partial charge in [-0.25, -0.2) is 4.98 Å². The number of aromatic nitrogens is 2. The molecule has 1 saturated heterocycles. The van der Waals surface area contributed by atoms with Crippen molar-refractivity contribution >= 4 is 16.9 Å². The van der Waals surface area contributed by atoms with Crippen LogP contribution in [0.1, 0.15) is 58.7 Å². The number of fused-ring (bicyclic) bond motifs is 1. The maximum absolute atomic E-state index is 12.8. The number of carbonyl (C=O) groups excluding carboxylic acids is 1. The van der Waals surface area contributed by atoms with Crippen LogP contribution in [0.3, 0.4) is 0 Å². The number of aromatic amines is 1. The second kappa shape index (κ2) is 7.86. The number of hydrogen-bond donors (Lipinski definition) is 2. The number of imidazole rings is 1. The van der Waals surface area contributed by atoms with E-state index in [0.717, 1.165) is 62.2 Å². The van der Waals surface area contributed by atoms with Crippen LogP contribution >= 0.6 is 0 Å². The summed E-state index contributed by atoms with van der Waals surface area (Å²) in [5.74, 6) is 2.15. The number of benzene rings is 1. The Morgan fingerprint density at radius 1 is 1.25 bits per heavy atom. The van der Waals surface area contributed by atoms with E-state index < -0.39 is 0 Å². The van der Waals surface area contributed by atoms with E-state index in [2.05, 4.69) is 47.0 Å². The molecule has 5 heteroatoms. The highest BCUT2D eigenvalue weighted by atomic mass is 16.1. The Hall–Kier alpha value is -1.88. The Morgan fingerprint density at radius 2 is 2.00 bits per heavy atom. The number of hydrogen-bond acceptors (Lipinski definition) is 3. The van der Waals surface area contributed by atoms with E-state index in [1.165, 1.54) is 6.42 Å². The fourth-order valence-electron chi connectivity index (χ4n) is 5.42. The summed E-state index contributed by atoms with van der Waals surface area (Å²) >= 11 is 0. The first-order valence-electron chi connectivity index (χ1n) is 10.8. The van der Waals surface area contributed by atoms with Crippen molar-refractivity contribution in [1.29, 1.82) is 0 Å². The van der Waals surface area contributed by atoms with Gasteiger partial charge < -0.3 is 10.3 Å². The molecule has 0 spiro atoms. The number of H-pyrrole nitrogens is 1. The van der Waals surface area contributed by atoms with Gasteiger partial charge in [0.05, 0.1) is 17.6 Å². The zero-order valence-electron chi connectivity index (χ0n) is 17.5. The Balaban J connectivity index is 1.27. The second-order valence-corrected chi connectivity index (χ2v) is 9.87. The largest absolute Gasteiger partial charge is 0.353 e. The molecule has 1 aliphatic heterocycles. The van der Waals surface area contributed by atoms with Crippen LogP contribution in [0.2, 0.25) is 0 Å². The third-order valence-electron chi connectivity index (χ3n) is 6.50. The van der Waals surface area contributed by atoms with Gasteiger partial charge in [0, 0.05) is 12.0 Å². The quantitative estimate of drug-likeness (QED) is 0.837. The lowest BCUT2D eigenvalue weighted by Crippen LogP contribution is -2.47. The number of nitrogens with one attached hydrogen (secondary N) is 2. The van der Waals surface area contributed by atoms with Crippen molar-refractivity contribution in [2.24, 2.45) is 17.3 Å². The van der Waals surface area contributed by atoms with Crippen LogP contribution in [0, 0.1) is 17.3 Å². The molecule has 2 aliphatic rings. The molecule has 2 heterocycles. The fourth-order valence-corrected chi connectivity index (χ4v) is 5.42. The minimum atomic E-state index is 0.160. The summed E-state index contributed by atoms with van der Waals surface area (Å²) in [5.41, 5.74) is 2.46. The standard InChI is InChI=1S/C23H34N4O/c1-16-12-18(14-23(2,3)13-16)24-22(28)17-8-10-27(11-9-17)15-21-25-19-6-4-5-7-20(19)26-21/h4-7,16-18H,8-15H2,1-3H3,(H,24,28)(H,25,26). The smallest absolute Gasteiger partial charge is 0.223 e. The summed E-state index contributed by atoms with van der Waals surface area (Å²) < 4.78 is 0. The number of para-hydroxylation sites is 2. The van der Waals surface area contributed by atoms with Gasteiger partial charge in [-0.2, -0.15) is 0 Å². The number of nitrogens with zero attached hydrogens (tertiary/aromatic N) is 2. The van der Waals surface area contributed by atoms with Gasteiger partial charge in [0.1, 0.15) is 5.82 Å². The molecular formula is C23H34N4O. The maximum Gasteiger partial charge on any atom is 0.223 e. The predicted octanol–water partition coefficient (Wildman–Crippen LogP) is 4.11. The van der Waals surface area contributed by atoms with Gasteiger partial charge in [-0.05, 0) is 68.7 Å². The van der Waals surface area contributed by atoms with Gasteiger partial charge in [0.25, 0.3) is 0 Å². The van der Waals surface area contributed by atoms with E-state index in [0.29, 0.717) is 17.4 Å². The lowest BCUT2D eigenvalue weighted by Gasteiger charge is -2.40. The van der Waals surface area contributed by atoms with Gasteiger partial charge in [-0.15, -0.1) is 0 Å². The van der Waals surface area contributed by atoms with Crippen molar-refractivity contribution in [3.05, 3.63) is 30.1 Å². The van der Waals surface area contributed by atoms with Crippen LogP contribution in [0.25, 0.3) is 11.0 Å². The molecule has 152 valence electrons. The topological polar surface area (TPSA) is 61.0 Å². The molecule has 2 fully saturated rings. The number of rotatable bonds is 4. The highest BCUT2D eigenvalue weighted by molar-refractivity contribution is 5.79. The van der Waals surface area contributed by atoms with Gasteiger partial charge in [-0.1, -0.05) is 32.9 Å². The van der Waals surface area contributed by atoms with Crippen molar-refractivity contribution < 1.29 is 4.79 Å². The van der Waals surface area contributed by atoms with Crippen molar-refractivity contribution in [2.45, 2.75) is 65.5 Å². The van der Waals surface area contributed by atoms with Gasteiger partial charge in [0.2, 0.25) is 5.91 Å². The van der Waals surface area contributed by atoms with Crippen LogP contribution in [0.5, 0.6) is 0 Å². The molecule has 28 heavy (non-hydrogen) atoms. The highest BCUT2D eigenvalue weighted by Crippen LogP contribution is 2.38. The Kier molecular flexibility index (Phi) is 5.46. The first-order chi connectivity index (χ1) is 13.4. The normalized spacial score (nSPS) is 26.4. The van der Waals surface area contributed by atoms with E-state index in [4.69, 9.17) is 0 Å². The number of likely N-dealkylation sites (tertiary alicyclic amines) is 1. The Bertz CT molecular complexity index is 786. The summed E-state index contributed by atoms with van der Waals surface area (Å²) in [6, 6.07) is 8.50. The molecule has 1 aliphatic carbocycles. The summed E-state index contributed by atoms with van der Waals surface area (Å²) in [6.45, 7) is 9.73. The van der Waals surface area contributed by atoms with E-state index in [1.54, 1.807) is 0 Å². The van der Waals surface area contributed by atoms with E-state index in [9.17, 15) is 4.79 Å². The number of piperidine rings is 1. The molecule has 1 aromatic carbocycles. The fraction of sp³-hybridized carbons (Fsp3) is 0.652. The molecule has 2 N–H and O–H groups in total. The zero-order chi connectivity index (χ0) is 19.7. The third-order valence-corrected chi connectivity index (χ3v) is 6.50. The van der Waals surface area contributed by atoms with Crippen molar-refractivity contribution in [1.82, 2.24) is 20.2 Å². The monoisotopic (exact) mass is 382 g/mol. The molecule has 1 aromatic heterocycles. The average molecular weight is 383 g/mol. The van der Waals surface area contributed by atoms with Crippen LogP contribution < -0.4 is 5.32 Å². The van der Waals surface area contributed by atoms with Crippen molar-refractivity contribution in [2.75, 3.05) is 13.1 Å². The average Bonchev–Trinajstić information content (AvgIpc) is 3.02. The Morgan fingerprint density at radius 3 is 2.71 bits per heavy atom. The molecule has 0 radical (unpaired) electrons. The lowest BCUT2D eigenvalue weighted by molar-refractivity contribution is -0.127. The second-order valence-electron chi connectivity index (χ2n) is 9.87. The first-order valence-corrected chi connectivity index (χ1v) is 10.8. The molecule has 4 rings (SSSR count). The van der Waals surface area contributed by atoms with Gasteiger partial charge in [0.15, 0.2) is 0 Å². The molecular weight excluding hydrogens is 348 g/mol. The van der Waals surface area contributed by atoms with Crippen LogP contribution in [0.15, 0.2) is 24.3 Å². The van der Waals surface area contributed by atoms with E-state index >= 15 is 0 Å². The minimum absolute atomic E-state index is 0.160. The minimum Gasteiger partial charge on any atom is -0.353 e. The lowest BCUT2D eigenvalue weighted by atomic mass is 9.70.